The van der Waals surface area contributed by atoms with Crippen LogP contribution >= 0.6 is 0 Å². The van der Waals surface area contributed by atoms with Gasteiger partial charge in [-0.1, -0.05) is 13.8 Å². The van der Waals surface area contributed by atoms with E-state index < -0.39 is 29.3 Å². The van der Waals surface area contributed by atoms with Crippen molar-refractivity contribution in [2.45, 2.75) is 46.2 Å². The predicted octanol–water partition coefficient (Wildman–Crippen LogP) is -0.589. The van der Waals surface area contributed by atoms with E-state index in [0.29, 0.717) is 0 Å². The minimum absolute atomic E-state index is 0.151. The molecule has 1 atom stereocenters. The molecular formula is C13H21N3O4. The smallest absolute Gasteiger partial charge is 0.252 e. The summed E-state index contributed by atoms with van der Waals surface area (Å²) < 4.78 is 0. The summed E-state index contributed by atoms with van der Waals surface area (Å²) in [5.41, 5.74) is -1.13. The second-order valence-electron chi connectivity index (χ2n) is 5.78. The Labute approximate surface area is 118 Å². The van der Waals surface area contributed by atoms with Crippen molar-refractivity contribution in [1.29, 1.82) is 0 Å². The van der Waals surface area contributed by atoms with Crippen molar-refractivity contribution in [3.05, 3.63) is 0 Å². The highest BCUT2D eigenvalue weighted by atomic mass is 16.2. The summed E-state index contributed by atoms with van der Waals surface area (Å²) in [5, 5.41) is 4.77. The Bertz CT molecular complexity index is 457. The Morgan fingerprint density at radius 1 is 1.30 bits per heavy atom. The third-order valence-corrected chi connectivity index (χ3v) is 3.34. The van der Waals surface area contributed by atoms with Gasteiger partial charge < -0.3 is 10.2 Å². The minimum Gasteiger partial charge on any atom is -0.344 e. The average molecular weight is 283 g/mol. The third-order valence-electron chi connectivity index (χ3n) is 3.34. The molecule has 0 radical (unpaired) electrons. The number of rotatable bonds is 3. The van der Waals surface area contributed by atoms with E-state index >= 15 is 0 Å². The fraction of sp³-hybridized carbons (Fsp3) is 0.692. The van der Waals surface area contributed by atoms with E-state index in [0.717, 1.165) is 0 Å². The van der Waals surface area contributed by atoms with Crippen molar-refractivity contribution in [2.24, 2.45) is 5.92 Å². The molecule has 2 N–H and O–H groups in total. The molecule has 7 heteroatoms. The number of imide groups is 1. The van der Waals surface area contributed by atoms with Crippen molar-refractivity contribution < 1.29 is 19.2 Å². The summed E-state index contributed by atoms with van der Waals surface area (Å²) in [7, 11) is 0. The monoisotopic (exact) mass is 283 g/mol. The van der Waals surface area contributed by atoms with Crippen LogP contribution in [0.4, 0.5) is 0 Å². The summed E-state index contributed by atoms with van der Waals surface area (Å²) >= 11 is 0. The molecule has 1 aliphatic heterocycles. The Morgan fingerprint density at radius 3 is 2.30 bits per heavy atom. The average Bonchev–Trinajstić information content (AvgIpc) is 2.29. The van der Waals surface area contributed by atoms with Gasteiger partial charge in [-0.05, 0) is 19.8 Å². The summed E-state index contributed by atoms with van der Waals surface area (Å²) in [5.74, 6) is -1.95. The third kappa shape index (κ3) is 3.15. The molecule has 0 aromatic carbocycles. The van der Waals surface area contributed by atoms with Crippen LogP contribution in [0.2, 0.25) is 0 Å². The number of carbonyl (C=O) groups is 4. The Hall–Kier alpha value is -1.92. The molecule has 1 heterocycles. The first-order valence-electron chi connectivity index (χ1n) is 6.50. The Balaban J connectivity index is 3.05. The highest BCUT2D eigenvalue weighted by molar-refractivity contribution is 6.07. The lowest BCUT2D eigenvalue weighted by Gasteiger charge is -2.42. The van der Waals surface area contributed by atoms with E-state index in [4.69, 9.17) is 0 Å². The van der Waals surface area contributed by atoms with E-state index in [2.05, 4.69) is 10.6 Å². The number of carbonyl (C=O) groups excluding carboxylic acids is 4. The lowest BCUT2D eigenvalue weighted by molar-refractivity contribution is -0.157. The predicted molar refractivity (Wildman–Crippen MR) is 71.4 cm³/mol. The highest BCUT2D eigenvalue weighted by Crippen LogP contribution is 2.21. The largest absolute Gasteiger partial charge is 0.344 e. The van der Waals surface area contributed by atoms with Crippen LogP contribution in [0, 0.1) is 5.92 Å². The summed E-state index contributed by atoms with van der Waals surface area (Å²) in [6, 6.07) is -0.759. The molecule has 0 saturated carbocycles. The number of nitrogens with zero attached hydrogens (tertiary/aromatic N) is 1. The first kappa shape index (κ1) is 16.1. The Kier molecular flexibility index (Phi) is 4.52. The fourth-order valence-electron chi connectivity index (χ4n) is 2.04. The van der Waals surface area contributed by atoms with Crippen molar-refractivity contribution in [3.63, 3.8) is 0 Å². The van der Waals surface area contributed by atoms with Crippen molar-refractivity contribution in [3.8, 4) is 0 Å². The van der Waals surface area contributed by atoms with Crippen LogP contribution in [0.3, 0.4) is 0 Å². The molecule has 0 aromatic rings. The van der Waals surface area contributed by atoms with Gasteiger partial charge in [0.25, 0.3) is 5.91 Å². The maximum Gasteiger partial charge on any atom is 0.252 e. The van der Waals surface area contributed by atoms with Crippen LogP contribution in [0.1, 0.15) is 34.6 Å². The standard InChI is InChI=1S/C13H21N3O4/c1-7(2)10(14-8(3)17)11(19)16-6-9(18)15-12(20)13(16,4)5/h7,10H,6H2,1-5H3,(H,14,17)(H,15,18,20). The molecule has 20 heavy (non-hydrogen) atoms. The van der Waals surface area contributed by atoms with Crippen LogP contribution in [0.15, 0.2) is 0 Å². The summed E-state index contributed by atoms with van der Waals surface area (Å²) in [4.78, 5) is 48.3. The molecule has 1 rings (SSSR count). The Morgan fingerprint density at radius 2 is 1.85 bits per heavy atom. The molecule has 0 aliphatic carbocycles. The molecule has 0 spiro atoms. The fourth-order valence-corrected chi connectivity index (χ4v) is 2.04. The van der Waals surface area contributed by atoms with Gasteiger partial charge in [0.1, 0.15) is 18.1 Å². The van der Waals surface area contributed by atoms with Crippen LogP contribution in [0.5, 0.6) is 0 Å². The maximum atomic E-state index is 12.6. The molecule has 1 saturated heterocycles. The quantitative estimate of drug-likeness (QED) is 0.677. The first-order valence-corrected chi connectivity index (χ1v) is 6.50. The first-order chi connectivity index (χ1) is 9.07. The zero-order chi connectivity index (χ0) is 15.7. The molecule has 1 aliphatic rings. The summed E-state index contributed by atoms with van der Waals surface area (Å²) in [6.07, 6.45) is 0. The van der Waals surface area contributed by atoms with Crippen molar-refractivity contribution in [1.82, 2.24) is 15.5 Å². The molecule has 7 nitrogen and oxygen atoms in total. The topological polar surface area (TPSA) is 95.6 Å². The van der Waals surface area contributed by atoms with Crippen LogP contribution < -0.4 is 10.6 Å². The molecule has 0 bridgehead atoms. The van der Waals surface area contributed by atoms with Gasteiger partial charge in [0.2, 0.25) is 17.7 Å². The second-order valence-corrected chi connectivity index (χ2v) is 5.78. The molecule has 1 unspecified atom stereocenters. The number of nitrogens with one attached hydrogen (secondary N) is 2. The molecule has 1 fully saturated rings. The zero-order valence-electron chi connectivity index (χ0n) is 12.4. The molecule has 4 amide bonds. The second kappa shape index (κ2) is 5.60. The van der Waals surface area contributed by atoms with E-state index in [1.165, 1.54) is 11.8 Å². The molecule has 112 valence electrons. The zero-order valence-corrected chi connectivity index (χ0v) is 12.4. The number of piperazine rings is 1. The SMILES string of the molecule is CC(=O)NC(C(=O)N1CC(=O)NC(=O)C1(C)C)C(C)C. The van der Waals surface area contributed by atoms with Gasteiger partial charge >= 0.3 is 0 Å². The molecular weight excluding hydrogens is 262 g/mol. The van der Waals surface area contributed by atoms with E-state index in [1.807, 2.05) is 0 Å². The van der Waals surface area contributed by atoms with Gasteiger partial charge in [-0.15, -0.1) is 0 Å². The van der Waals surface area contributed by atoms with Gasteiger partial charge in [-0.2, -0.15) is 0 Å². The van der Waals surface area contributed by atoms with Crippen LogP contribution in [-0.2, 0) is 19.2 Å². The van der Waals surface area contributed by atoms with Gasteiger partial charge in [0.15, 0.2) is 0 Å². The van der Waals surface area contributed by atoms with E-state index in [9.17, 15) is 19.2 Å². The minimum atomic E-state index is -1.13. The van der Waals surface area contributed by atoms with Gasteiger partial charge in [-0.3, -0.25) is 24.5 Å². The normalized spacial score (nSPS) is 19.6. The van der Waals surface area contributed by atoms with E-state index in [-0.39, 0.29) is 18.4 Å². The summed E-state index contributed by atoms with van der Waals surface area (Å²) in [6.45, 7) is 7.84. The lowest BCUT2D eigenvalue weighted by atomic mass is 9.94. The maximum absolute atomic E-state index is 12.6. The number of hydrogen-bond acceptors (Lipinski definition) is 4. The van der Waals surface area contributed by atoms with Gasteiger partial charge in [0, 0.05) is 6.92 Å². The molecule has 0 aromatic heterocycles. The van der Waals surface area contributed by atoms with Gasteiger partial charge in [-0.25, -0.2) is 0 Å². The van der Waals surface area contributed by atoms with Crippen molar-refractivity contribution >= 4 is 23.6 Å². The lowest BCUT2D eigenvalue weighted by Crippen LogP contribution is -2.68. The van der Waals surface area contributed by atoms with Crippen molar-refractivity contribution in [2.75, 3.05) is 6.54 Å². The number of hydrogen-bond donors (Lipinski definition) is 2. The number of amides is 4. The van der Waals surface area contributed by atoms with Crippen LogP contribution in [0.25, 0.3) is 0 Å². The van der Waals surface area contributed by atoms with E-state index in [1.54, 1.807) is 27.7 Å². The van der Waals surface area contributed by atoms with Crippen LogP contribution in [-0.4, -0.2) is 46.7 Å². The highest BCUT2D eigenvalue weighted by Gasteiger charge is 2.45. The van der Waals surface area contributed by atoms with Gasteiger partial charge in [0.05, 0.1) is 0 Å².